The van der Waals surface area contributed by atoms with Crippen LogP contribution in [0.25, 0.3) is 0 Å². The average Bonchev–Trinajstić information content (AvgIpc) is 2.78. The van der Waals surface area contributed by atoms with E-state index in [1.807, 2.05) is 0 Å². The second kappa shape index (κ2) is 5.03. The summed E-state index contributed by atoms with van der Waals surface area (Å²) >= 11 is 0. The number of carbonyl (C=O) groups is 1. The van der Waals surface area contributed by atoms with Crippen LogP contribution >= 0.6 is 0 Å². The predicted octanol–water partition coefficient (Wildman–Crippen LogP) is 0.790. The van der Waals surface area contributed by atoms with E-state index < -0.39 is 0 Å². The molecule has 3 N–H and O–H groups in total. The van der Waals surface area contributed by atoms with Crippen molar-refractivity contribution in [3.05, 3.63) is 18.5 Å². The molecule has 86 valence electrons. The van der Waals surface area contributed by atoms with Crippen LogP contribution in [0.5, 0.6) is 0 Å². The number of nitrogens with one attached hydrogen (secondary N) is 1. The molecule has 0 spiro atoms. The quantitative estimate of drug-likeness (QED) is 0.789. The summed E-state index contributed by atoms with van der Waals surface area (Å²) in [7, 11) is 0. The zero-order valence-electron chi connectivity index (χ0n) is 9.10. The maximum atomic E-state index is 11.9. The molecule has 1 fully saturated rings. The van der Waals surface area contributed by atoms with Crippen molar-refractivity contribution < 1.29 is 4.79 Å². The van der Waals surface area contributed by atoms with Gasteiger partial charge in [0.1, 0.15) is 0 Å². The summed E-state index contributed by atoms with van der Waals surface area (Å²) in [5.74, 6) is 0.701. The molecule has 0 radical (unpaired) electrons. The van der Waals surface area contributed by atoms with Gasteiger partial charge in [0.05, 0.1) is 0 Å². The number of anilines is 1. The van der Waals surface area contributed by atoms with E-state index in [2.05, 4.69) is 15.3 Å². The van der Waals surface area contributed by atoms with E-state index in [1.165, 1.54) is 0 Å². The summed E-state index contributed by atoms with van der Waals surface area (Å²) in [5.41, 5.74) is 5.64. The van der Waals surface area contributed by atoms with Gasteiger partial charge in [-0.1, -0.05) is 6.42 Å². The molecule has 2 unspecified atom stereocenters. The van der Waals surface area contributed by atoms with Crippen LogP contribution in [0.1, 0.15) is 19.3 Å². The predicted molar refractivity (Wildman–Crippen MR) is 60.5 cm³/mol. The van der Waals surface area contributed by atoms with Crippen LogP contribution in [0.2, 0.25) is 0 Å². The molecular weight excluding hydrogens is 204 g/mol. The molecule has 5 heteroatoms. The van der Waals surface area contributed by atoms with Crippen LogP contribution in [-0.4, -0.2) is 22.4 Å². The topological polar surface area (TPSA) is 80.9 Å². The van der Waals surface area contributed by atoms with Gasteiger partial charge >= 0.3 is 0 Å². The van der Waals surface area contributed by atoms with Gasteiger partial charge in [-0.15, -0.1) is 0 Å². The Hall–Kier alpha value is -1.49. The number of nitrogens with two attached hydrogens (primary N) is 1. The van der Waals surface area contributed by atoms with Gasteiger partial charge in [0, 0.05) is 18.3 Å². The smallest absolute Gasteiger partial charge is 0.230 e. The van der Waals surface area contributed by atoms with Gasteiger partial charge in [-0.05, 0) is 31.4 Å². The fraction of sp³-hybridized carbons (Fsp3) is 0.545. The highest BCUT2D eigenvalue weighted by Crippen LogP contribution is 2.31. The molecule has 2 atom stereocenters. The van der Waals surface area contributed by atoms with Gasteiger partial charge in [0.15, 0.2) is 0 Å². The molecule has 0 aliphatic heterocycles. The molecule has 5 nitrogen and oxygen atoms in total. The van der Waals surface area contributed by atoms with E-state index in [1.54, 1.807) is 18.5 Å². The molecular formula is C11H16N4O. The van der Waals surface area contributed by atoms with E-state index in [4.69, 9.17) is 5.73 Å². The van der Waals surface area contributed by atoms with Crippen molar-refractivity contribution in [3.63, 3.8) is 0 Å². The molecule has 1 aliphatic carbocycles. The van der Waals surface area contributed by atoms with Crippen molar-refractivity contribution in [1.29, 1.82) is 0 Å². The highest BCUT2D eigenvalue weighted by Gasteiger charge is 2.32. The van der Waals surface area contributed by atoms with Gasteiger partial charge < -0.3 is 5.73 Å². The van der Waals surface area contributed by atoms with Gasteiger partial charge in [-0.2, -0.15) is 0 Å². The Morgan fingerprint density at radius 2 is 2.19 bits per heavy atom. The molecule has 0 aromatic carbocycles. The van der Waals surface area contributed by atoms with E-state index in [0.29, 0.717) is 18.4 Å². The first kappa shape index (κ1) is 11.0. The number of carbonyl (C=O) groups excluding carboxylic acids is 1. The zero-order valence-corrected chi connectivity index (χ0v) is 9.10. The molecule has 0 saturated heterocycles. The van der Waals surface area contributed by atoms with Crippen LogP contribution < -0.4 is 11.1 Å². The molecule has 0 bridgehead atoms. The standard InChI is InChI=1S/C11H16N4O/c12-7-8-3-1-4-9(8)10(16)15-11-13-5-2-6-14-11/h2,5-6,8-9H,1,3-4,7,12H2,(H,13,14,15,16). The highest BCUT2D eigenvalue weighted by molar-refractivity contribution is 5.91. The second-order valence-electron chi connectivity index (χ2n) is 4.09. The Morgan fingerprint density at radius 1 is 1.44 bits per heavy atom. The van der Waals surface area contributed by atoms with Crippen LogP contribution in [0.3, 0.4) is 0 Å². The van der Waals surface area contributed by atoms with Crippen molar-refractivity contribution in [2.75, 3.05) is 11.9 Å². The fourth-order valence-corrected chi connectivity index (χ4v) is 2.23. The lowest BCUT2D eigenvalue weighted by Gasteiger charge is -2.16. The third-order valence-electron chi connectivity index (χ3n) is 3.10. The Morgan fingerprint density at radius 3 is 2.88 bits per heavy atom. The lowest BCUT2D eigenvalue weighted by Crippen LogP contribution is -2.30. The summed E-state index contributed by atoms with van der Waals surface area (Å²) in [6.45, 7) is 0.577. The normalized spacial score (nSPS) is 24.3. The van der Waals surface area contributed by atoms with E-state index in [0.717, 1.165) is 19.3 Å². The Bertz CT molecular complexity index is 354. The third kappa shape index (κ3) is 2.36. The molecule has 16 heavy (non-hydrogen) atoms. The number of amides is 1. The number of hydrogen-bond donors (Lipinski definition) is 2. The minimum atomic E-state index is -0.000787. The molecule has 1 heterocycles. The third-order valence-corrected chi connectivity index (χ3v) is 3.10. The summed E-state index contributed by atoms with van der Waals surface area (Å²) in [6, 6.07) is 1.72. The summed E-state index contributed by atoms with van der Waals surface area (Å²) < 4.78 is 0. The Kier molecular flexibility index (Phi) is 3.46. The number of aromatic nitrogens is 2. The van der Waals surface area contributed by atoms with Gasteiger partial charge in [-0.3, -0.25) is 10.1 Å². The molecule has 1 aromatic heterocycles. The van der Waals surface area contributed by atoms with E-state index in [-0.39, 0.29) is 11.8 Å². The van der Waals surface area contributed by atoms with Crippen LogP contribution in [0.4, 0.5) is 5.95 Å². The van der Waals surface area contributed by atoms with Gasteiger partial charge in [0.2, 0.25) is 11.9 Å². The number of rotatable bonds is 3. The first-order chi connectivity index (χ1) is 7.81. The number of nitrogens with zero attached hydrogens (tertiary/aromatic N) is 2. The van der Waals surface area contributed by atoms with Crippen LogP contribution in [0.15, 0.2) is 18.5 Å². The number of hydrogen-bond acceptors (Lipinski definition) is 4. The maximum absolute atomic E-state index is 11.9. The second-order valence-corrected chi connectivity index (χ2v) is 4.09. The summed E-state index contributed by atoms with van der Waals surface area (Å²) in [5, 5.41) is 2.73. The minimum absolute atomic E-state index is 0.000787. The molecule has 2 rings (SSSR count). The average molecular weight is 220 g/mol. The first-order valence-corrected chi connectivity index (χ1v) is 5.59. The van der Waals surface area contributed by atoms with E-state index >= 15 is 0 Å². The van der Waals surface area contributed by atoms with E-state index in [9.17, 15) is 4.79 Å². The van der Waals surface area contributed by atoms with Gasteiger partial charge in [0.25, 0.3) is 0 Å². The van der Waals surface area contributed by atoms with Crippen molar-refractivity contribution in [3.8, 4) is 0 Å². The molecule has 1 amide bonds. The lowest BCUT2D eigenvalue weighted by atomic mass is 9.95. The van der Waals surface area contributed by atoms with Crippen LogP contribution in [0, 0.1) is 11.8 Å². The lowest BCUT2D eigenvalue weighted by molar-refractivity contribution is -0.120. The van der Waals surface area contributed by atoms with Gasteiger partial charge in [-0.25, -0.2) is 9.97 Å². The zero-order chi connectivity index (χ0) is 11.4. The molecule has 1 saturated carbocycles. The van der Waals surface area contributed by atoms with Crippen molar-refractivity contribution in [2.24, 2.45) is 17.6 Å². The minimum Gasteiger partial charge on any atom is -0.330 e. The fourth-order valence-electron chi connectivity index (χ4n) is 2.23. The largest absolute Gasteiger partial charge is 0.330 e. The first-order valence-electron chi connectivity index (χ1n) is 5.59. The summed E-state index contributed by atoms with van der Waals surface area (Å²) in [4.78, 5) is 19.9. The summed E-state index contributed by atoms with van der Waals surface area (Å²) in [6.07, 6.45) is 6.26. The monoisotopic (exact) mass is 220 g/mol. The van der Waals surface area contributed by atoms with Crippen molar-refractivity contribution >= 4 is 11.9 Å². The van der Waals surface area contributed by atoms with Crippen molar-refractivity contribution in [2.45, 2.75) is 19.3 Å². The molecule has 1 aromatic rings. The van der Waals surface area contributed by atoms with Crippen molar-refractivity contribution in [1.82, 2.24) is 9.97 Å². The maximum Gasteiger partial charge on any atom is 0.230 e. The SMILES string of the molecule is NCC1CCCC1C(=O)Nc1ncccn1. The molecule has 1 aliphatic rings. The Balaban J connectivity index is 1.98. The van der Waals surface area contributed by atoms with Crippen LogP contribution in [-0.2, 0) is 4.79 Å². The Labute approximate surface area is 94.5 Å². The highest BCUT2D eigenvalue weighted by atomic mass is 16.2.